The summed E-state index contributed by atoms with van der Waals surface area (Å²) in [4.78, 5) is 22.6. The monoisotopic (exact) mass is 360 g/mol. The van der Waals surface area contributed by atoms with Crippen LogP contribution >= 0.6 is 0 Å². The first-order valence-electron chi connectivity index (χ1n) is 7.54. The molecular weight excluding hydrogens is 343 g/mol. The Morgan fingerprint density at radius 1 is 1.19 bits per heavy atom. The van der Waals surface area contributed by atoms with Crippen molar-refractivity contribution in [1.29, 1.82) is 0 Å². The Hall–Kier alpha value is -3.42. The summed E-state index contributed by atoms with van der Waals surface area (Å²) in [6.45, 7) is 1.15. The zero-order valence-corrected chi connectivity index (χ0v) is 14.2. The number of aliphatic carboxylic acids is 1. The number of carbonyl (C=O) groups excluding carboxylic acids is 1. The third-order valence-electron chi connectivity index (χ3n) is 3.38. The van der Waals surface area contributed by atoms with E-state index in [-0.39, 0.29) is 11.3 Å². The zero-order valence-electron chi connectivity index (χ0n) is 14.2. The number of ether oxygens (including phenoxy) is 2. The molecule has 2 aromatic carbocycles. The number of benzene rings is 2. The van der Waals surface area contributed by atoms with Crippen LogP contribution in [-0.4, -0.2) is 36.4 Å². The van der Waals surface area contributed by atoms with E-state index < -0.39 is 24.3 Å². The quantitative estimate of drug-likeness (QED) is 0.584. The molecule has 0 bridgehead atoms. The van der Waals surface area contributed by atoms with E-state index in [1.54, 1.807) is 25.1 Å². The largest absolute Gasteiger partial charge is 0.493 e. The van der Waals surface area contributed by atoms with Gasteiger partial charge in [0, 0.05) is 5.56 Å². The van der Waals surface area contributed by atoms with Gasteiger partial charge in [-0.05, 0) is 37.3 Å². The topological polar surface area (TPSA) is 97.2 Å². The highest BCUT2D eigenvalue weighted by atomic mass is 19.1. The molecule has 0 radical (unpaired) electrons. The molecule has 8 heteroatoms. The molecule has 7 nitrogen and oxygen atoms in total. The highest BCUT2D eigenvalue weighted by molar-refractivity contribution is 6.01. The number of carboxylic acids is 1. The van der Waals surface area contributed by atoms with E-state index in [0.29, 0.717) is 17.0 Å². The Balaban J connectivity index is 2.14. The Kier molecular flexibility index (Phi) is 6.26. The predicted molar refractivity (Wildman–Crippen MR) is 92.2 cm³/mol. The molecule has 0 saturated heterocycles. The van der Waals surface area contributed by atoms with E-state index in [4.69, 9.17) is 14.6 Å². The van der Waals surface area contributed by atoms with Crippen molar-refractivity contribution in [2.24, 2.45) is 5.10 Å². The normalized spacial score (nSPS) is 11.0. The molecule has 0 spiro atoms. The second-order valence-corrected chi connectivity index (χ2v) is 5.17. The Labute approximate surface area is 149 Å². The average Bonchev–Trinajstić information content (AvgIpc) is 2.64. The molecule has 26 heavy (non-hydrogen) atoms. The minimum absolute atomic E-state index is 0.112. The first-order valence-corrected chi connectivity index (χ1v) is 7.54. The van der Waals surface area contributed by atoms with Crippen molar-refractivity contribution in [3.63, 3.8) is 0 Å². The lowest BCUT2D eigenvalue weighted by Crippen LogP contribution is -2.20. The Bertz CT molecular complexity index is 851. The SMILES string of the molecule is COc1cc(/C(C)=N/NC(=O)c2ccccc2F)ccc1OCC(=O)O. The number of hydrazone groups is 1. The summed E-state index contributed by atoms with van der Waals surface area (Å²) < 4.78 is 23.9. The number of rotatable bonds is 7. The first-order chi connectivity index (χ1) is 12.4. The van der Waals surface area contributed by atoms with Gasteiger partial charge in [-0.15, -0.1) is 0 Å². The zero-order chi connectivity index (χ0) is 19.1. The van der Waals surface area contributed by atoms with Crippen LogP contribution in [0.2, 0.25) is 0 Å². The number of carboxylic acid groups (broad SMARTS) is 1. The number of carbonyl (C=O) groups is 2. The minimum Gasteiger partial charge on any atom is -0.493 e. The van der Waals surface area contributed by atoms with Crippen LogP contribution in [0.1, 0.15) is 22.8 Å². The van der Waals surface area contributed by atoms with Gasteiger partial charge in [-0.3, -0.25) is 4.79 Å². The van der Waals surface area contributed by atoms with Crippen molar-refractivity contribution in [2.45, 2.75) is 6.92 Å². The molecule has 0 aliphatic carbocycles. The van der Waals surface area contributed by atoms with Gasteiger partial charge in [0.2, 0.25) is 0 Å². The third-order valence-corrected chi connectivity index (χ3v) is 3.38. The van der Waals surface area contributed by atoms with E-state index in [1.807, 2.05) is 0 Å². The second-order valence-electron chi connectivity index (χ2n) is 5.17. The van der Waals surface area contributed by atoms with Gasteiger partial charge in [-0.2, -0.15) is 5.10 Å². The van der Waals surface area contributed by atoms with Crippen molar-refractivity contribution in [1.82, 2.24) is 5.43 Å². The number of halogens is 1. The van der Waals surface area contributed by atoms with E-state index in [2.05, 4.69) is 10.5 Å². The lowest BCUT2D eigenvalue weighted by molar-refractivity contribution is -0.139. The molecule has 1 amide bonds. The van der Waals surface area contributed by atoms with E-state index >= 15 is 0 Å². The molecule has 0 fully saturated rings. The first kappa shape index (κ1) is 18.9. The maximum atomic E-state index is 13.6. The number of methoxy groups -OCH3 is 1. The molecule has 0 aliphatic heterocycles. The number of hydrogen-bond acceptors (Lipinski definition) is 5. The Morgan fingerprint density at radius 2 is 1.92 bits per heavy atom. The number of hydrogen-bond donors (Lipinski definition) is 2. The summed E-state index contributed by atoms with van der Waals surface area (Å²) in [7, 11) is 1.42. The molecule has 136 valence electrons. The molecule has 0 unspecified atom stereocenters. The summed E-state index contributed by atoms with van der Waals surface area (Å²) in [5.74, 6) is -1.83. The third kappa shape index (κ3) is 4.79. The molecule has 0 saturated carbocycles. The van der Waals surface area contributed by atoms with E-state index in [0.717, 1.165) is 0 Å². The fourth-order valence-corrected chi connectivity index (χ4v) is 2.06. The predicted octanol–water partition coefficient (Wildman–Crippen LogP) is 2.45. The molecule has 2 rings (SSSR count). The number of amides is 1. The molecule has 0 aliphatic rings. The van der Waals surface area contributed by atoms with Crippen LogP contribution in [0.5, 0.6) is 11.5 Å². The lowest BCUT2D eigenvalue weighted by Gasteiger charge is -2.11. The lowest BCUT2D eigenvalue weighted by atomic mass is 10.1. The number of nitrogens with zero attached hydrogens (tertiary/aromatic N) is 1. The van der Waals surface area contributed by atoms with Gasteiger partial charge < -0.3 is 14.6 Å². The van der Waals surface area contributed by atoms with Crippen LogP contribution in [0, 0.1) is 5.82 Å². The van der Waals surface area contributed by atoms with Gasteiger partial charge in [-0.25, -0.2) is 14.6 Å². The maximum Gasteiger partial charge on any atom is 0.341 e. The fraction of sp³-hybridized carbons (Fsp3) is 0.167. The summed E-state index contributed by atoms with van der Waals surface area (Å²) in [5.41, 5.74) is 3.23. The second kappa shape index (κ2) is 8.61. The number of nitrogens with one attached hydrogen (secondary N) is 1. The van der Waals surface area contributed by atoms with Gasteiger partial charge in [0.15, 0.2) is 18.1 Å². The van der Waals surface area contributed by atoms with Gasteiger partial charge in [0.25, 0.3) is 5.91 Å². The molecule has 0 atom stereocenters. The highest BCUT2D eigenvalue weighted by Crippen LogP contribution is 2.28. The standard InChI is InChI=1S/C18H17FN2O5/c1-11(20-21-18(24)13-5-3-4-6-14(13)19)12-7-8-15(16(9-12)25-2)26-10-17(22)23/h3-9H,10H2,1-2H3,(H,21,24)(H,22,23)/b20-11+. The van der Waals surface area contributed by atoms with E-state index in [1.165, 1.54) is 31.4 Å². The van der Waals surface area contributed by atoms with Crippen LogP contribution in [0.4, 0.5) is 4.39 Å². The molecule has 0 heterocycles. The van der Waals surface area contributed by atoms with Crippen molar-refractivity contribution in [3.8, 4) is 11.5 Å². The molecule has 2 aromatic rings. The van der Waals surface area contributed by atoms with Crippen molar-refractivity contribution >= 4 is 17.6 Å². The van der Waals surface area contributed by atoms with Gasteiger partial charge in [-0.1, -0.05) is 12.1 Å². The smallest absolute Gasteiger partial charge is 0.341 e. The summed E-state index contributed by atoms with van der Waals surface area (Å²) in [6, 6.07) is 10.3. The van der Waals surface area contributed by atoms with Crippen LogP contribution < -0.4 is 14.9 Å². The molecular formula is C18H17FN2O5. The van der Waals surface area contributed by atoms with Crippen LogP contribution in [0.3, 0.4) is 0 Å². The molecule has 0 aromatic heterocycles. The summed E-state index contributed by atoms with van der Waals surface area (Å²) >= 11 is 0. The molecule has 2 N–H and O–H groups in total. The van der Waals surface area contributed by atoms with Gasteiger partial charge >= 0.3 is 5.97 Å². The van der Waals surface area contributed by atoms with Crippen LogP contribution in [0.25, 0.3) is 0 Å². The Morgan fingerprint density at radius 3 is 2.58 bits per heavy atom. The van der Waals surface area contributed by atoms with E-state index in [9.17, 15) is 14.0 Å². The van der Waals surface area contributed by atoms with Crippen molar-refractivity contribution in [2.75, 3.05) is 13.7 Å². The van der Waals surface area contributed by atoms with Gasteiger partial charge in [0.05, 0.1) is 18.4 Å². The maximum absolute atomic E-state index is 13.6. The summed E-state index contributed by atoms with van der Waals surface area (Å²) in [6.07, 6.45) is 0. The van der Waals surface area contributed by atoms with Crippen molar-refractivity contribution in [3.05, 3.63) is 59.4 Å². The highest BCUT2D eigenvalue weighted by Gasteiger charge is 2.12. The van der Waals surface area contributed by atoms with Crippen molar-refractivity contribution < 1.29 is 28.6 Å². The fourth-order valence-electron chi connectivity index (χ4n) is 2.06. The minimum atomic E-state index is -1.11. The van der Waals surface area contributed by atoms with Gasteiger partial charge in [0.1, 0.15) is 5.82 Å². The van der Waals surface area contributed by atoms with Crippen LogP contribution in [-0.2, 0) is 4.79 Å². The average molecular weight is 360 g/mol. The van der Waals surface area contributed by atoms with Crippen LogP contribution in [0.15, 0.2) is 47.6 Å². The summed E-state index contributed by atoms with van der Waals surface area (Å²) in [5, 5.41) is 12.6.